The molecule has 4 aliphatic carbocycles. The summed E-state index contributed by atoms with van der Waals surface area (Å²) in [7, 11) is 0. The second-order valence-corrected chi connectivity index (χ2v) is 27.7. The Kier molecular flexibility index (Phi) is 23.6. The summed E-state index contributed by atoms with van der Waals surface area (Å²) < 4.78 is 66.9. The number of rotatable bonds is 26. The molecule has 5 heterocycles. The van der Waals surface area contributed by atoms with Crippen molar-refractivity contribution in [3.63, 3.8) is 0 Å². The fourth-order valence-electron chi connectivity index (χ4n) is 17.2. The molecule has 0 amide bonds. The molecule has 0 spiro atoms. The lowest BCUT2D eigenvalue weighted by Crippen LogP contribution is -2.67. The van der Waals surface area contributed by atoms with Crippen LogP contribution in [0.15, 0.2) is 11.6 Å². The molecule has 21 nitrogen and oxygen atoms in total. The van der Waals surface area contributed by atoms with Crippen molar-refractivity contribution < 1.29 is 102 Å². The van der Waals surface area contributed by atoms with Crippen molar-refractivity contribution in [3.05, 3.63) is 11.6 Å². The Bertz CT molecular complexity index is 2210. The maximum atomic E-state index is 12.9. The van der Waals surface area contributed by atoms with Crippen LogP contribution in [-0.4, -0.2) is 189 Å². The number of hydrogen-bond donors (Lipinski definition) is 7. The van der Waals surface area contributed by atoms with E-state index in [1.807, 2.05) is 13.8 Å². The van der Waals surface area contributed by atoms with Gasteiger partial charge in [-0.3, -0.25) is 9.59 Å². The van der Waals surface area contributed by atoms with Crippen LogP contribution in [0.25, 0.3) is 0 Å². The van der Waals surface area contributed by atoms with Crippen LogP contribution in [0, 0.1) is 34.5 Å². The van der Waals surface area contributed by atoms with Crippen molar-refractivity contribution in [1.29, 1.82) is 0 Å². The number of unbranched alkanes of at least 4 members (excludes halogenated alkanes) is 12. The number of carbonyl (C=O) groups is 3. The first-order valence-corrected chi connectivity index (χ1v) is 33.3. The lowest BCUT2D eigenvalue weighted by Gasteiger charge is -2.65. The Morgan fingerprint density at radius 2 is 1.21 bits per heavy atom. The quantitative estimate of drug-likeness (QED) is 0.0207. The molecule has 0 radical (unpaired) electrons. The molecule has 8 fully saturated rings. The van der Waals surface area contributed by atoms with E-state index >= 15 is 0 Å². The standard InChI is InChI=1S/C65H106O21/c1-8-9-10-11-12-13-14-15-16-17-18-19-20-21-51(71)83-61-49(34-66)82-62(57(74)56(61)73)86-60-38(4)79-55(33-48(60)80-39(5)67)85-59-37(3)78-54(32-47(59)69)84-58-36(2)77-53(31-46(58)68)81-42-24-26-63(6)41(29-42)22-23-44-45(63)30-50(70)64(7)43(25-27-65(44,64)75)40-28-52(72)76-35-40/h28,36-38,41-50,53-62,66,68-70,73-75H,8-27,29-35H2,1-7H3/t36-,37-,38-,41-,42+,43-,44-,45+,46+,47+,48+,49-,50-,53+,54+,55+,56-,57-,58-,59-,60-,61-,62+,63+,64+,65+/m1/s1. The van der Waals surface area contributed by atoms with Gasteiger partial charge in [-0.05, 0) is 113 Å². The molecule has 0 aromatic rings. The molecular weight excluding hydrogens is 1120 g/mol. The summed E-state index contributed by atoms with van der Waals surface area (Å²) in [6.07, 6.45) is 3.87. The molecule has 9 rings (SSSR count). The number of aliphatic hydroxyl groups is 7. The topological polar surface area (TPSA) is 294 Å². The number of hydrogen-bond acceptors (Lipinski definition) is 21. The highest BCUT2D eigenvalue weighted by molar-refractivity contribution is 5.85. The van der Waals surface area contributed by atoms with Crippen molar-refractivity contribution in [3.8, 4) is 0 Å². The molecule has 0 unspecified atom stereocenters. The molecule has 5 aliphatic heterocycles. The first kappa shape index (κ1) is 67.9. The van der Waals surface area contributed by atoms with E-state index < -0.39 is 140 Å². The third kappa shape index (κ3) is 15.0. The first-order valence-electron chi connectivity index (χ1n) is 33.3. The van der Waals surface area contributed by atoms with Gasteiger partial charge in [0.05, 0.1) is 54.9 Å². The predicted molar refractivity (Wildman–Crippen MR) is 309 cm³/mol. The summed E-state index contributed by atoms with van der Waals surface area (Å²) in [4.78, 5) is 37.4. The minimum atomic E-state index is -1.72. The fourth-order valence-corrected chi connectivity index (χ4v) is 17.2. The highest BCUT2D eigenvalue weighted by atomic mass is 16.8. The normalized spacial score (nSPS) is 45.1. The Hall–Kier alpha value is -2.45. The summed E-state index contributed by atoms with van der Waals surface area (Å²) in [6, 6.07) is 0. The van der Waals surface area contributed by atoms with Gasteiger partial charge in [0.1, 0.15) is 49.3 Å². The molecule has 4 saturated heterocycles. The van der Waals surface area contributed by atoms with Crippen LogP contribution in [0.2, 0.25) is 0 Å². The molecule has 9 aliphatic rings. The van der Waals surface area contributed by atoms with Crippen LogP contribution >= 0.6 is 0 Å². The molecule has 0 aromatic carbocycles. The molecule has 86 heavy (non-hydrogen) atoms. The maximum absolute atomic E-state index is 12.9. The van der Waals surface area contributed by atoms with Gasteiger partial charge in [-0.25, -0.2) is 4.79 Å². The zero-order valence-electron chi connectivity index (χ0n) is 52.3. The minimum Gasteiger partial charge on any atom is -0.459 e. The smallest absolute Gasteiger partial charge is 0.331 e. The molecular formula is C65H106O21. The summed E-state index contributed by atoms with van der Waals surface area (Å²) >= 11 is 0. The van der Waals surface area contributed by atoms with Gasteiger partial charge in [0.25, 0.3) is 0 Å². The largest absolute Gasteiger partial charge is 0.459 e. The van der Waals surface area contributed by atoms with E-state index in [9.17, 15) is 50.1 Å². The molecule has 21 heteroatoms. The van der Waals surface area contributed by atoms with Crippen LogP contribution in [0.3, 0.4) is 0 Å². The maximum Gasteiger partial charge on any atom is 0.331 e. The van der Waals surface area contributed by atoms with Gasteiger partial charge in [0.15, 0.2) is 31.3 Å². The molecule has 4 saturated carbocycles. The van der Waals surface area contributed by atoms with Gasteiger partial charge in [0.2, 0.25) is 0 Å². The predicted octanol–water partition coefficient (Wildman–Crippen LogP) is 6.65. The van der Waals surface area contributed by atoms with E-state index in [-0.39, 0.29) is 67.5 Å². The Morgan fingerprint density at radius 3 is 1.78 bits per heavy atom. The van der Waals surface area contributed by atoms with Crippen LogP contribution in [0.4, 0.5) is 0 Å². The summed E-state index contributed by atoms with van der Waals surface area (Å²) in [5, 5.41) is 80.6. The fraction of sp³-hybridized carbons (Fsp3) is 0.923. The van der Waals surface area contributed by atoms with E-state index in [1.165, 1.54) is 64.7 Å². The summed E-state index contributed by atoms with van der Waals surface area (Å²) in [5.41, 5.74) is -1.04. The van der Waals surface area contributed by atoms with Crippen LogP contribution in [0.5, 0.6) is 0 Å². The van der Waals surface area contributed by atoms with Crippen LogP contribution < -0.4 is 0 Å². The third-order valence-corrected chi connectivity index (χ3v) is 22.1. The zero-order chi connectivity index (χ0) is 61.7. The van der Waals surface area contributed by atoms with E-state index in [2.05, 4.69) is 13.8 Å². The second kappa shape index (κ2) is 29.9. The van der Waals surface area contributed by atoms with Crippen molar-refractivity contribution in [1.82, 2.24) is 0 Å². The van der Waals surface area contributed by atoms with Crippen molar-refractivity contribution in [2.75, 3.05) is 13.2 Å². The van der Waals surface area contributed by atoms with E-state index in [0.29, 0.717) is 31.6 Å². The minimum absolute atomic E-state index is 0.0142. The van der Waals surface area contributed by atoms with Crippen molar-refractivity contribution >= 4 is 17.9 Å². The Morgan fingerprint density at radius 1 is 0.628 bits per heavy atom. The van der Waals surface area contributed by atoms with Gasteiger partial charge >= 0.3 is 17.9 Å². The number of aliphatic hydroxyl groups excluding tert-OH is 6. The van der Waals surface area contributed by atoms with Crippen molar-refractivity contribution in [2.45, 2.75) is 331 Å². The molecule has 0 aromatic heterocycles. The SMILES string of the molecule is CCCCCCCCCCCCCCCC(=O)O[C@H]1[C@H](O)[C@@H](O)[C@H](O[C@H]2[C@@H](OC(C)=O)C[C@H](O[C@H]3[C@@H](O)C[C@H](O[C@H]4[C@@H](O)C[C@H](O[C@H]5CC[C@@]6(C)[C@H](CC[C@@H]7[C@@H]6C[C@@H](O)[C@]6(C)[C@@H](C8=CC(=O)OC8)CC[C@]76O)C5)O[C@@H]4C)O[C@@H]3C)O[C@@H]2C)O[C@@H]1CO. The number of cyclic esters (lactones) is 1. The van der Waals surface area contributed by atoms with E-state index in [1.54, 1.807) is 19.9 Å². The van der Waals surface area contributed by atoms with Gasteiger partial charge in [0, 0.05) is 44.1 Å². The second-order valence-electron chi connectivity index (χ2n) is 27.7. The highest BCUT2D eigenvalue weighted by Gasteiger charge is 2.71. The number of ether oxygens (including phenoxy) is 11. The van der Waals surface area contributed by atoms with Gasteiger partial charge in [-0.1, -0.05) is 97.8 Å². The third-order valence-electron chi connectivity index (χ3n) is 22.1. The van der Waals surface area contributed by atoms with Crippen molar-refractivity contribution in [2.24, 2.45) is 34.5 Å². The van der Waals surface area contributed by atoms with E-state index in [4.69, 9.17) is 52.1 Å². The van der Waals surface area contributed by atoms with Gasteiger partial charge in [-0.15, -0.1) is 0 Å². The Labute approximate surface area is 509 Å². The Balaban J connectivity index is 0.697. The number of fused-ring (bicyclic) bond motifs is 5. The number of esters is 3. The lowest BCUT2D eigenvalue weighted by atomic mass is 9.42. The lowest BCUT2D eigenvalue weighted by molar-refractivity contribution is -0.355. The first-order chi connectivity index (χ1) is 41.1. The van der Waals surface area contributed by atoms with Gasteiger partial charge < -0.3 is 87.9 Å². The zero-order valence-corrected chi connectivity index (χ0v) is 52.3. The summed E-state index contributed by atoms with van der Waals surface area (Å²) in [6.45, 7) is 12.6. The monoisotopic (exact) mass is 1220 g/mol. The van der Waals surface area contributed by atoms with Crippen LogP contribution in [-0.2, 0) is 66.5 Å². The average molecular weight is 1220 g/mol. The summed E-state index contributed by atoms with van der Waals surface area (Å²) in [5.74, 6) is -1.18. The van der Waals surface area contributed by atoms with E-state index in [0.717, 1.165) is 56.9 Å². The molecule has 492 valence electrons. The average Bonchev–Trinajstić information content (AvgIpc) is 1.38. The highest BCUT2D eigenvalue weighted by Crippen LogP contribution is 2.70. The van der Waals surface area contributed by atoms with Gasteiger partial charge in [-0.2, -0.15) is 0 Å². The molecule has 0 bridgehead atoms. The van der Waals surface area contributed by atoms with Crippen LogP contribution in [0.1, 0.15) is 209 Å². The molecule has 7 N–H and O–H groups in total. The number of carbonyl (C=O) groups excluding carboxylic acids is 3. The molecule has 26 atom stereocenters.